The Morgan fingerprint density at radius 3 is 2.65 bits per heavy atom. The molecular weight excluding hydrogens is 290 g/mol. The Morgan fingerprint density at radius 1 is 1.30 bits per heavy atom. The third kappa shape index (κ3) is 3.70. The minimum Gasteiger partial charge on any atom is -0.367 e. The lowest BCUT2D eigenvalue weighted by atomic mass is 10.1. The van der Waals surface area contributed by atoms with Gasteiger partial charge in [-0.15, -0.1) is 0 Å². The summed E-state index contributed by atoms with van der Waals surface area (Å²) in [5.41, 5.74) is 2.25. The summed E-state index contributed by atoms with van der Waals surface area (Å²) in [6.07, 6.45) is 0.974. The number of anilines is 1. The normalized spacial score (nSPS) is 12.7. The molecule has 108 valence electrons. The lowest BCUT2D eigenvalue weighted by Gasteiger charge is -2.17. The second-order valence-electron chi connectivity index (χ2n) is 5.38. The van der Waals surface area contributed by atoms with Gasteiger partial charge in [-0.05, 0) is 42.7 Å². The van der Waals surface area contributed by atoms with Crippen molar-refractivity contribution in [3.8, 4) is 0 Å². The largest absolute Gasteiger partial charge is 0.367 e. The molecular formula is C15H20ClN3S. The number of halogens is 1. The smallest absolute Gasteiger partial charge is 0.137 e. The fourth-order valence-corrected chi connectivity index (χ4v) is 2.81. The van der Waals surface area contributed by atoms with Crippen LogP contribution in [0.3, 0.4) is 0 Å². The third-order valence-corrected chi connectivity index (χ3v) is 4.23. The maximum atomic E-state index is 6.20. The van der Waals surface area contributed by atoms with Gasteiger partial charge in [-0.2, -0.15) is 11.3 Å². The van der Waals surface area contributed by atoms with Crippen LogP contribution in [0.5, 0.6) is 0 Å². The van der Waals surface area contributed by atoms with E-state index in [9.17, 15) is 0 Å². The fourth-order valence-electron chi connectivity index (χ4n) is 1.95. The maximum absolute atomic E-state index is 6.20. The van der Waals surface area contributed by atoms with E-state index in [4.69, 9.17) is 11.6 Å². The van der Waals surface area contributed by atoms with Crippen molar-refractivity contribution in [1.82, 2.24) is 9.97 Å². The van der Waals surface area contributed by atoms with Crippen molar-refractivity contribution in [2.24, 2.45) is 0 Å². The summed E-state index contributed by atoms with van der Waals surface area (Å²) in [6.45, 7) is 8.24. The first-order valence-corrected chi connectivity index (χ1v) is 8.11. The van der Waals surface area contributed by atoms with Crippen molar-refractivity contribution in [2.75, 3.05) is 5.32 Å². The van der Waals surface area contributed by atoms with Crippen LogP contribution >= 0.6 is 22.9 Å². The zero-order valence-electron chi connectivity index (χ0n) is 12.3. The van der Waals surface area contributed by atoms with Gasteiger partial charge in [-0.3, -0.25) is 0 Å². The molecule has 0 bridgehead atoms. The Labute approximate surface area is 129 Å². The first-order valence-electron chi connectivity index (χ1n) is 6.79. The Morgan fingerprint density at radius 2 is 2.05 bits per heavy atom. The molecule has 0 aliphatic rings. The molecule has 0 radical (unpaired) electrons. The highest BCUT2D eigenvalue weighted by molar-refractivity contribution is 7.07. The van der Waals surface area contributed by atoms with Crippen molar-refractivity contribution in [3.05, 3.63) is 38.9 Å². The predicted molar refractivity (Wildman–Crippen MR) is 87.0 cm³/mol. The monoisotopic (exact) mass is 309 g/mol. The zero-order valence-corrected chi connectivity index (χ0v) is 13.8. The summed E-state index contributed by atoms with van der Waals surface area (Å²) in [5.74, 6) is 1.89. The molecule has 1 atom stereocenters. The molecule has 0 spiro atoms. The minimum atomic E-state index is 0.265. The molecule has 1 unspecified atom stereocenters. The first-order chi connectivity index (χ1) is 9.47. The number of nitrogens with one attached hydrogen (secondary N) is 1. The van der Waals surface area contributed by atoms with Crippen LogP contribution in [-0.4, -0.2) is 16.0 Å². The van der Waals surface area contributed by atoms with Gasteiger partial charge < -0.3 is 5.32 Å². The summed E-state index contributed by atoms with van der Waals surface area (Å²) >= 11 is 7.93. The lowest BCUT2D eigenvalue weighted by molar-refractivity contribution is 0.751. The van der Waals surface area contributed by atoms with Gasteiger partial charge in [-0.25, -0.2) is 9.97 Å². The molecule has 2 rings (SSSR count). The second kappa shape index (κ2) is 6.55. The number of nitrogens with zero attached hydrogens (tertiary/aromatic N) is 2. The Hall–Kier alpha value is -1.13. The van der Waals surface area contributed by atoms with Gasteiger partial charge in [0.25, 0.3) is 0 Å². The van der Waals surface area contributed by atoms with Gasteiger partial charge in [0.1, 0.15) is 16.8 Å². The van der Waals surface area contributed by atoms with Crippen LogP contribution in [0.2, 0.25) is 5.15 Å². The van der Waals surface area contributed by atoms with E-state index in [1.165, 1.54) is 5.56 Å². The molecule has 2 aromatic heterocycles. The van der Waals surface area contributed by atoms with E-state index in [1.807, 2.05) is 6.92 Å². The van der Waals surface area contributed by atoms with Crippen molar-refractivity contribution >= 4 is 28.8 Å². The topological polar surface area (TPSA) is 37.8 Å². The third-order valence-electron chi connectivity index (χ3n) is 3.13. The quantitative estimate of drug-likeness (QED) is 0.816. The van der Waals surface area contributed by atoms with Crippen LogP contribution in [0, 0.1) is 6.92 Å². The highest BCUT2D eigenvalue weighted by atomic mass is 35.5. The van der Waals surface area contributed by atoms with Crippen LogP contribution in [0.4, 0.5) is 5.82 Å². The highest BCUT2D eigenvalue weighted by Crippen LogP contribution is 2.24. The Bertz CT molecular complexity index is 567. The summed E-state index contributed by atoms with van der Waals surface area (Å²) < 4.78 is 0. The molecule has 0 amide bonds. The standard InChI is InChI=1S/C15H20ClN3S/c1-9(2)14-18-13(16)11(4)15(19-14)17-10(3)7-12-5-6-20-8-12/h5-6,8-10H,7H2,1-4H3,(H,17,18,19). The number of hydrogen-bond donors (Lipinski definition) is 1. The van der Waals surface area contributed by atoms with Gasteiger partial charge in [0.15, 0.2) is 0 Å². The Kier molecular flexibility index (Phi) is 5.00. The van der Waals surface area contributed by atoms with Crippen molar-refractivity contribution in [3.63, 3.8) is 0 Å². The van der Waals surface area contributed by atoms with Gasteiger partial charge in [-0.1, -0.05) is 25.4 Å². The molecule has 1 N–H and O–H groups in total. The first kappa shape index (κ1) is 15.3. The SMILES string of the molecule is Cc1c(Cl)nc(C(C)C)nc1NC(C)Cc1ccsc1. The van der Waals surface area contributed by atoms with Crippen LogP contribution in [0.25, 0.3) is 0 Å². The summed E-state index contributed by atoms with van der Waals surface area (Å²) in [6, 6.07) is 2.46. The van der Waals surface area contributed by atoms with E-state index >= 15 is 0 Å². The minimum absolute atomic E-state index is 0.265. The highest BCUT2D eigenvalue weighted by Gasteiger charge is 2.13. The van der Waals surface area contributed by atoms with Crippen molar-refractivity contribution in [2.45, 2.75) is 46.1 Å². The van der Waals surface area contributed by atoms with E-state index in [2.05, 4.69) is 52.9 Å². The van der Waals surface area contributed by atoms with E-state index in [1.54, 1.807) is 11.3 Å². The van der Waals surface area contributed by atoms with Crippen LogP contribution in [-0.2, 0) is 6.42 Å². The van der Waals surface area contributed by atoms with Gasteiger partial charge in [0, 0.05) is 17.5 Å². The molecule has 2 aromatic rings. The molecule has 0 aliphatic heterocycles. The molecule has 5 heteroatoms. The van der Waals surface area contributed by atoms with E-state index in [0.717, 1.165) is 23.6 Å². The van der Waals surface area contributed by atoms with Crippen LogP contribution in [0.15, 0.2) is 16.8 Å². The number of aromatic nitrogens is 2. The molecule has 0 aliphatic carbocycles. The predicted octanol–water partition coefficient (Wildman–Crippen LogP) is 4.67. The lowest BCUT2D eigenvalue weighted by Crippen LogP contribution is -2.20. The van der Waals surface area contributed by atoms with Crippen LogP contribution < -0.4 is 5.32 Å². The van der Waals surface area contributed by atoms with E-state index in [-0.39, 0.29) is 5.92 Å². The number of thiophene rings is 1. The zero-order chi connectivity index (χ0) is 14.7. The van der Waals surface area contributed by atoms with Gasteiger partial charge in [0.05, 0.1) is 0 Å². The number of rotatable bonds is 5. The molecule has 0 aromatic carbocycles. The molecule has 2 heterocycles. The summed E-state index contributed by atoms with van der Waals surface area (Å²) in [7, 11) is 0. The molecule has 0 saturated heterocycles. The van der Waals surface area contributed by atoms with E-state index < -0.39 is 0 Å². The van der Waals surface area contributed by atoms with Crippen molar-refractivity contribution < 1.29 is 0 Å². The maximum Gasteiger partial charge on any atom is 0.137 e. The molecule has 3 nitrogen and oxygen atoms in total. The average molecular weight is 310 g/mol. The van der Waals surface area contributed by atoms with E-state index in [0.29, 0.717) is 11.2 Å². The summed E-state index contributed by atoms with van der Waals surface area (Å²) in [4.78, 5) is 8.93. The van der Waals surface area contributed by atoms with Crippen molar-refractivity contribution in [1.29, 1.82) is 0 Å². The molecule has 0 saturated carbocycles. The summed E-state index contributed by atoms with van der Waals surface area (Å²) in [5, 5.41) is 8.27. The van der Waals surface area contributed by atoms with Gasteiger partial charge >= 0.3 is 0 Å². The molecule has 20 heavy (non-hydrogen) atoms. The average Bonchev–Trinajstić information content (AvgIpc) is 2.87. The number of hydrogen-bond acceptors (Lipinski definition) is 4. The second-order valence-corrected chi connectivity index (χ2v) is 6.52. The molecule has 0 fully saturated rings. The van der Waals surface area contributed by atoms with Gasteiger partial charge in [0.2, 0.25) is 0 Å². The van der Waals surface area contributed by atoms with Crippen LogP contribution in [0.1, 0.15) is 43.6 Å². The fraction of sp³-hybridized carbons (Fsp3) is 0.467. The Balaban J connectivity index is 2.15.